The average molecular weight is 506 g/mol. The largest absolute Gasteiger partial charge is 0.439 e. The van der Waals surface area contributed by atoms with E-state index >= 15 is 0 Å². The molecule has 2 atom stereocenters. The number of alkyl halides is 3. The van der Waals surface area contributed by atoms with Gasteiger partial charge in [0, 0.05) is 12.4 Å². The topological polar surface area (TPSA) is 47.4 Å². The maximum absolute atomic E-state index is 13.4. The monoisotopic (exact) mass is 505 g/mol. The van der Waals surface area contributed by atoms with Gasteiger partial charge >= 0.3 is 12.3 Å². The van der Waals surface area contributed by atoms with E-state index in [9.17, 15) is 18.0 Å². The Hall–Kier alpha value is -4.07. The van der Waals surface area contributed by atoms with E-state index in [4.69, 9.17) is 4.74 Å². The van der Waals surface area contributed by atoms with Gasteiger partial charge in [0.05, 0.1) is 23.8 Å². The second-order valence-electron chi connectivity index (χ2n) is 9.46. The van der Waals surface area contributed by atoms with E-state index in [0.717, 1.165) is 40.1 Å². The molecule has 0 unspecified atom stereocenters. The third kappa shape index (κ3) is 4.96. The zero-order valence-corrected chi connectivity index (χ0v) is 20.7. The summed E-state index contributed by atoms with van der Waals surface area (Å²) in [5.74, 6) is 0. The van der Waals surface area contributed by atoms with Crippen LogP contribution in [0.1, 0.15) is 40.8 Å². The second-order valence-corrected chi connectivity index (χ2v) is 9.46. The van der Waals surface area contributed by atoms with Crippen LogP contribution in [0.15, 0.2) is 79.1 Å². The molecule has 5 rings (SSSR count). The van der Waals surface area contributed by atoms with Crippen LogP contribution in [-0.4, -0.2) is 26.8 Å². The highest BCUT2D eigenvalue weighted by Crippen LogP contribution is 2.38. The third-order valence-electron chi connectivity index (χ3n) is 6.68. The van der Waals surface area contributed by atoms with Gasteiger partial charge in [-0.1, -0.05) is 47.5 Å². The number of amides is 1. The van der Waals surface area contributed by atoms with Gasteiger partial charge in [0.25, 0.3) is 0 Å². The Bertz CT molecular complexity index is 1450. The van der Waals surface area contributed by atoms with Crippen LogP contribution in [0.3, 0.4) is 0 Å². The van der Waals surface area contributed by atoms with Gasteiger partial charge in [-0.2, -0.15) is 18.3 Å². The molecule has 0 saturated carbocycles. The Morgan fingerprint density at radius 3 is 2.51 bits per heavy atom. The minimum absolute atomic E-state index is 0.261. The highest BCUT2D eigenvalue weighted by Gasteiger charge is 2.41. The van der Waals surface area contributed by atoms with E-state index in [1.807, 2.05) is 61.7 Å². The van der Waals surface area contributed by atoms with Crippen molar-refractivity contribution >= 4 is 6.09 Å². The van der Waals surface area contributed by atoms with Crippen LogP contribution in [0.2, 0.25) is 0 Å². The van der Waals surface area contributed by atoms with Crippen LogP contribution in [-0.2, 0) is 17.5 Å². The maximum Gasteiger partial charge on any atom is 0.416 e. The summed E-state index contributed by atoms with van der Waals surface area (Å²) in [6, 6.07) is 19.2. The van der Waals surface area contributed by atoms with Gasteiger partial charge in [-0.25, -0.2) is 9.48 Å². The average Bonchev–Trinajstić information content (AvgIpc) is 3.48. The molecule has 2 heterocycles. The van der Waals surface area contributed by atoms with E-state index in [1.54, 1.807) is 35.7 Å². The number of nitrogens with zero attached hydrogens (tertiary/aromatic N) is 3. The molecular weight excluding hydrogens is 479 g/mol. The lowest BCUT2D eigenvalue weighted by Crippen LogP contribution is -2.31. The first-order valence-electron chi connectivity index (χ1n) is 12.0. The highest BCUT2D eigenvalue weighted by atomic mass is 19.4. The lowest BCUT2D eigenvalue weighted by Gasteiger charge is -2.23. The zero-order valence-electron chi connectivity index (χ0n) is 20.7. The molecule has 0 bridgehead atoms. The standard InChI is InChI=1S/C29H26F3N3O2/c1-18-8-9-26(21-6-4-7-25(16-21)35-11-5-10-33-35)23(12-18)17-34-20(3)27(37-28(34)36)22-13-19(2)14-24(15-22)29(30,31)32/h4-16,20,27H,17H2,1-3H3/t20-,27-/m0/s1. The molecule has 1 saturated heterocycles. The molecule has 0 radical (unpaired) electrons. The Balaban J connectivity index is 1.46. The van der Waals surface area contributed by atoms with Crippen molar-refractivity contribution in [1.82, 2.24) is 14.7 Å². The van der Waals surface area contributed by atoms with E-state index < -0.39 is 30.0 Å². The molecular formula is C29H26F3N3O2. The van der Waals surface area contributed by atoms with Crippen LogP contribution in [0.4, 0.5) is 18.0 Å². The maximum atomic E-state index is 13.4. The SMILES string of the molecule is Cc1cc([C@H]2OC(=O)N(Cc3cc(C)ccc3-c3cccc(-n4cccn4)c3)[C@H]2C)cc(C(F)(F)F)c1. The van der Waals surface area contributed by atoms with Crippen LogP contribution in [0.25, 0.3) is 16.8 Å². The Labute approximate surface area is 213 Å². The van der Waals surface area contributed by atoms with Crippen LogP contribution in [0.5, 0.6) is 0 Å². The number of halogens is 3. The summed E-state index contributed by atoms with van der Waals surface area (Å²) in [4.78, 5) is 14.5. The van der Waals surface area contributed by atoms with Gasteiger partial charge in [-0.15, -0.1) is 0 Å². The summed E-state index contributed by atoms with van der Waals surface area (Å²) in [5, 5.41) is 4.30. The lowest BCUT2D eigenvalue weighted by molar-refractivity contribution is -0.137. The molecule has 0 aliphatic carbocycles. The van der Waals surface area contributed by atoms with E-state index in [1.165, 1.54) is 0 Å². The molecule has 1 amide bonds. The molecule has 4 aromatic rings. The number of hydrogen-bond donors (Lipinski definition) is 0. The quantitative estimate of drug-likeness (QED) is 0.287. The number of hydrogen-bond acceptors (Lipinski definition) is 3. The molecule has 0 spiro atoms. The van der Waals surface area contributed by atoms with Crippen molar-refractivity contribution in [3.63, 3.8) is 0 Å². The first-order chi connectivity index (χ1) is 17.6. The summed E-state index contributed by atoms with van der Waals surface area (Å²) in [7, 11) is 0. The molecule has 1 aliphatic heterocycles. The molecule has 0 N–H and O–H groups in total. The number of aromatic nitrogens is 2. The summed E-state index contributed by atoms with van der Waals surface area (Å²) < 4.78 is 47.6. The number of rotatable bonds is 5. The Morgan fingerprint density at radius 2 is 1.78 bits per heavy atom. The summed E-state index contributed by atoms with van der Waals surface area (Å²) in [6.45, 7) is 5.65. The molecule has 8 heteroatoms. The normalized spacial score (nSPS) is 17.8. The number of aryl methyl sites for hydroxylation is 2. The second kappa shape index (κ2) is 9.42. The predicted octanol–water partition coefficient (Wildman–Crippen LogP) is 7.26. The lowest BCUT2D eigenvalue weighted by atomic mass is 9.95. The fourth-order valence-corrected chi connectivity index (χ4v) is 4.86. The Kier molecular flexibility index (Phi) is 6.27. The van der Waals surface area contributed by atoms with Gasteiger partial charge in [-0.3, -0.25) is 4.90 Å². The van der Waals surface area contributed by atoms with Crippen LogP contribution in [0, 0.1) is 13.8 Å². The van der Waals surface area contributed by atoms with Crippen molar-refractivity contribution in [3.8, 4) is 16.8 Å². The fourth-order valence-electron chi connectivity index (χ4n) is 4.86. The molecule has 1 fully saturated rings. The number of carbonyl (C=O) groups excluding carboxylic acids is 1. The van der Waals surface area contributed by atoms with Crippen molar-refractivity contribution in [2.45, 2.75) is 45.6 Å². The molecule has 5 nitrogen and oxygen atoms in total. The van der Waals surface area contributed by atoms with E-state index in [-0.39, 0.29) is 6.54 Å². The molecule has 1 aromatic heterocycles. The first kappa shape index (κ1) is 24.6. The highest BCUT2D eigenvalue weighted by molar-refractivity contribution is 5.74. The minimum atomic E-state index is -4.48. The fraction of sp³-hybridized carbons (Fsp3) is 0.241. The van der Waals surface area contributed by atoms with Gasteiger partial charge in [0.1, 0.15) is 6.10 Å². The van der Waals surface area contributed by atoms with Crippen LogP contribution < -0.4 is 0 Å². The molecule has 3 aromatic carbocycles. The first-order valence-corrected chi connectivity index (χ1v) is 12.0. The van der Waals surface area contributed by atoms with Crippen molar-refractivity contribution in [2.75, 3.05) is 0 Å². The number of benzene rings is 3. The van der Waals surface area contributed by atoms with Crippen molar-refractivity contribution in [2.24, 2.45) is 0 Å². The molecule has 190 valence electrons. The third-order valence-corrected chi connectivity index (χ3v) is 6.68. The van der Waals surface area contributed by atoms with Gasteiger partial charge in [0.2, 0.25) is 0 Å². The molecule has 1 aliphatic rings. The summed E-state index contributed by atoms with van der Waals surface area (Å²) in [5.41, 5.74) is 4.84. The number of ether oxygens (including phenoxy) is 1. The predicted molar refractivity (Wildman–Crippen MR) is 134 cm³/mol. The van der Waals surface area contributed by atoms with Crippen molar-refractivity contribution in [3.05, 3.63) is 107 Å². The van der Waals surface area contributed by atoms with Gasteiger partial charge in [0.15, 0.2) is 0 Å². The zero-order chi connectivity index (χ0) is 26.3. The smallest absolute Gasteiger partial charge is 0.416 e. The van der Waals surface area contributed by atoms with Crippen molar-refractivity contribution < 1.29 is 22.7 Å². The number of carbonyl (C=O) groups is 1. The van der Waals surface area contributed by atoms with Crippen molar-refractivity contribution in [1.29, 1.82) is 0 Å². The molecule has 37 heavy (non-hydrogen) atoms. The summed E-state index contributed by atoms with van der Waals surface area (Å²) >= 11 is 0. The van der Waals surface area contributed by atoms with E-state index in [2.05, 4.69) is 5.10 Å². The summed E-state index contributed by atoms with van der Waals surface area (Å²) in [6.07, 6.45) is -2.25. The van der Waals surface area contributed by atoms with Gasteiger partial charge in [-0.05, 0) is 73.4 Å². The van der Waals surface area contributed by atoms with E-state index in [0.29, 0.717) is 11.1 Å². The number of cyclic esters (lactones) is 1. The minimum Gasteiger partial charge on any atom is -0.439 e. The van der Waals surface area contributed by atoms with Gasteiger partial charge < -0.3 is 4.74 Å². The van der Waals surface area contributed by atoms with Crippen LogP contribution >= 0.6 is 0 Å². The Morgan fingerprint density at radius 1 is 0.973 bits per heavy atom.